The molecule has 0 aliphatic carbocycles. The number of carbonyl (C=O) groups is 3. The number of benzene rings is 1. The first-order chi connectivity index (χ1) is 9.92. The zero-order valence-corrected chi connectivity index (χ0v) is 12.5. The second-order valence-corrected chi connectivity index (χ2v) is 4.56. The molecule has 6 nitrogen and oxygen atoms in total. The van der Waals surface area contributed by atoms with Crippen molar-refractivity contribution in [3.8, 4) is 0 Å². The van der Waals surface area contributed by atoms with Gasteiger partial charge in [0.1, 0.15) is 0 Å². The Morgan fingerprint density at radius 3 is 2.48 bits per heavy atom. The van der Waals surface area contributed by atoms with E-state index < -0.39 is 5.97 Å². The molecule has 114 valence electrons. The Balaban J connectivity index is 2.60. The Hall–Kier alpha value is -2.37. The standard InChI is InChI=1S/C15H20N2O4/c1-4-21-15(20)8-7-14(19)17-12-6-5-10(2)13(9-12)16-11(3)18/h5-6,9H,4,7-8H2,1-3H3,(H,16,18)(H,17,19). The Morgan fingerprint density at radius 1 is 1.14 bits per heavy atom. The summed E-state index contributed by atoms with van der Waals surface area (Å²) in [5.41, 5.74) is 2.11. The van der Waals surface area contributed by atoms with Crippen molar-refractivity contribution in [2.75, 3.05) is 17.2 Å². The monoisotopic (exact) mass is 292 g/mol. The lowest BCUT2D eigenvalue weighted by atomic mass is 10.1. The first kappa shape index (κ1) is 16.7. The van der Waals surface area contributed by atoms with Crippen LogP contribution < -0.4 is 10.6 Å². The van der Waals surface area contributed by atoms with Gasteiger partial charge >= 0.3 is 5.97 Å². The van der Waals surface area contributed by atoms with Crippen LogP contribution in [-0.2, 0) is 19.1 Å². The summed E-state index contributed by atoms with van der Waals surface area (Å²) >= 11 is 0. The van der Waals surface area contributed by atoms with Gasteiger partial charge in [0.2, 0.25) is 11.8 Å². The second kappa shape index (κ2) is 8.04. The molecule has 0 spiro atoms. The highest BCUT2D eigenvalue weighted by atomic mass is 16.5. The summed E-state index contributed by atoms with van der Waals surface area (Å²) in [6.45, 7) is 5.30. The molecule has 0 heterocycles. The van der Waals surface area contributed by atoms with Crippen molar-refractivity contribution in [3.63, 3.8) is 0 Å². The van der Waals surface area contributed by atoms with E-state index in [-0.39, 0.29) is 24.7 Å². The first-order valence-electron chi connectivity index (χ1n) is 6.76. The van der Waals surface area contributed by atoms with Crippen LogP contribution in [0.2, 0.25) is 0 Å². The van der Waals surface area contributed by atoms with Crippen LogP contribution >= 0.6 is 0 Å². The molecular formula is C15H20N2O4. The number of hydrogen-bond acceptors (Lipinski definition) is 4. The van der Waals surface area contributed by atoms with Gasteiger partial charge < -0.3 is 15.4 Å². The number of anilines is 2. The number of hydrogen-bond donors (Lipinski definition) is 2. The van der Waals surface area contributed by atoms with Gasteiger partial charge in [0, 0.05) is 24.7 Å². The first-order valence-corrected chi connectivity index (χ1v) is 6.76. The molecule has 0 bridgehead atoms. The van der Waals surface area contributed by atoms with Crippen LogP contribution in [-0.4, -0.2) is 24.4 Å². The molecule has 1 rings (SSSR count). The Kier molecular flexibility index (Phi) is 6.39. The van der Waals surface area contributed by atoms with Crippen molar-refractivity contribution >= 4 is 29.2 Å². The quantitative estimate of drug-likeness (QED) is 0.787. The van der Waals surface area contributed by atoms with E-state index in [2.05, 4.69) is 10.6 Å². The third kappa shape index (κ3) is 6.07. The van der Waals surface area contributed by atoms with E-state index in [1.54, 1.807) is 25.1 Å². The van der Waals surface area contributed by atoms with Crippen molar-refractivity contribution in [1.82, 2.24) is 0 Å². The van der Waals surface area contributed by atoms with E-state index in [1.807, 2.05) is 6.92 Å². The summed E-state index contributed by atoms with van der Waals surface area (Å²) in [5.74, 6) is -0.847. The van der Waals surface area contributed by atoms with E-state index in [0.717, 1.165) is 5.56 Å². The molecule has 1 aromatic carbocycles. The lowest BCUT2D eigenvalue weighted by Gasteiger charge is -2.10. The maximum atomic E-state index is 11.7. The summed E-state index contributed by atoms with van der Waals surface area (Å²) in [6, 6.07) is 5.22. The molecule has 1 aromatic rings. The van der Waals surface area contributed by atoms with Crippen LogP contribution in [0.3, 0.4) is 0 Å². The number of ether oxygens (including phenoxy) is 1. The van der Waals surface area contributed by atoms with Gasteiger partial charge in [0.25, 0.3) is 0 Å². The van der Waals surface area contributed by atoms with Crippen molar-refractivity contribution < 1.29 is 19.1 Å². The van der Waals surface area contributed by atoms with Gasteiger partial charge in [-0.05, 0) is 31.5 Å². The van der Waals surface area contributed by atoms with Gasteiger partial charge in [-0.15, -0.1) is 0 Å². The predicted octanol–water partition coefficient (Wildman–Crippen LogP) is 2.24. The van der Waals surface area contributed by atoms with Gasteiger partial charge in [-0.3, -0.25) is 14.4 Å². The molecular weight excluding hydrogens is 272 g/mol. The SMILES string of the molecule is CCOC(=O)CCC(=O)Nc1ccc(C)c(NC(C)=O)c1. The molecule has 0 atom stereocenters. The van der Waals surface area contributed by atoms with Crippen LogP contribution in [0.25, 0.3) is 0 Å². The summed E-state index contributed by atoms with van der Waals surface area (Å²) in [5, 5.41) is 5.37. The largest absolute Gasteiger partial charge is 0.466 e. The zero-order chi connectivity index (χ0) is 15.8. The van der Waals surface area contributed by atoms with Crippen molar-refractivity contribution in [1.29, 1.82) is 0 Å². The van der Waals surface area contributed by atoms with Crippen molar-refractivity contribution in [2.45, 2.75) is 33.6 Å². The average Bonchev–Trinajstić information content (AvgIpc) is 2.40. The van der Waals surface area contributed by atoms with Crippen molar-refractivity contribution in [2.24, 2.45) is 0 Å². The topological polar surface area (TPSA) is 84.5 Å². The molecule has 0 saturated heterocycles. The maximum Gasteiger partial charge on any atom is 0.306 e. The van der Waals surface area contributed by atoms with Crippen LogP contribution in [0.4, 0.5) is 11.4 Å². The molecule has 0 aliphatic rings. The van der Waals surface area contributed by atoms with Gasteiger partial charge in [0.05, 0.1) is 13.0 Å². The number of amides is 2. The Labute approximate surface area is 123 Å². The zero-order valence-electron chi connectivity index (χ0n) is 12.5. The number of nitrogens with one attached hydrogen (secondary N) is 2. The maximum absolute atomic E-state index is 11.7. The molecule has 6 heteroatoms. The Bertz CT molecular complexity index is 540. The number of esters is 1. The summed E-state index contributed by atoms with van der Waals surface area (Å²) in [6.07, 6.45) is 0.103. The summed E-state index contributed by atoms with van der Waals surface area (Å²) in [7, 11) is 0. The number of carbonyl (C=O) groups excluding carboxylic acids is 3. The molecule has 0 fully saturated rings. The molecule has 2 amide bonds. The van der Waals surface area contributed by atoms with Gasteiger partial charge in [-0.25, -0.2) is 0 Å². The fourth-order valence-electron chi connectivity index (χ4n) is 1.70. The molecule has 0 unspecified atom stereocenters. The number of rotatable bonds is 6. The fraction of sp³-hybridized carbons (Fsp3) is 0.400. The normalized spacial score (nSPS) is 9.86. The molecule has 0 saturated carbocycles. The smallest absolute Gasteiger partial charge is 0.306 e. The Morgan fingerprint density at radius 2 is 1.86 bits per heavy atom. The predicted molar refractivity (Wildman–Crippen MR) is 80.0 cm³/mol. The second-order valence-electron chi connectivity index (χ2n) is 4.56. The molecule has 0 radical (unpaired) electrons. The molecule has 0 aromatic heterocycles. The highest BCUT2D eigenvalue weighted by Crippen LogP contribution is 2.20. The van der Waals surface area contributed by atoms with Crippen molar-refractivity contribution in [3.05, 3.63) is 23.8 Å². The van der Waals surface area contributed by atoms with Gasteiger partial charge in [-0.2, -0.15) is 0 Å². The van der Waals surface area contributed by atoms with Crippen LogP contribution in [0, 0.1) is 6.92 Å². The molecule has 2 N–H and O–H groups in total. The average molecular weight is 292 g/mol. The highest BCUT2D eigenvalue weighted by molar-refractivity contribution is 5.94. The van der Waals surface area contributed by atoms with E-state index in [4.69, 9.17) is 4.74 Å². The minimum Gasteiger partial charge on any atom is -0.466 e. The summed E-state index contributed by atoms with van der Waals surface area (Å²) < 4.78 is 4.75. The van der Waals surface area contributed by atoms with Crippen LogP contribution in [0.15, 0.2) is 18.2 Å². The molecule has 0 aliphatic heterocycles. The van der Waals surface area contributed by atoms with E-state index >= 15 is 0 Å². The third-order valence-corrected chi connectivity index (χ3v) is 2.69. The lowest BCUT2D eigenvalue weighted by Crippen LogP contribution is -2.15. The highest BCUT2D eigenvalue weighted by Gasteiger charge is 2.09. The summed E-state index contributed by atoms with van der Waals surface area (Å²) in [4.78, 5) is 34.0. The van der Waals surface area contributed by atoms with Crippen LogP contribution in [0.5, 0.6) is 0 Å². The van der Waals surface area contributed by atoms with Gasteiger partial charge in [0.15, 0.2) is 0 Å². The minimum atomic E-state index is -0.393. The third-order valence-electron chi connectivity index (χ3n) is 2.69. The minimum absolute atomic E-state index is 0.0457. The molecule has 21 heavy (non-hydrogen) atoms. The van der Waals surface area contributed by atoms with E-state index in [0.29, 0.717) is 18.0 Å². The van der Waals surface area contributed by atoms with Crippen LogP contribution in [0.1, 0.15) is 32.3 Å². The van der Waals surface area contributed by atoms with Gasteiger partial charge in [-0.1, -0.05) is 6.07 Å². The number of aryl methyl sites for hydroxylation is 1. The lowest BCUT2D eigenvalue weighted by molar-refractivity contribution is -0.144. The van der Waals surface area contributed by atoms with E-state index in [9.17, 15) is 14.4 Å². The fourth-order valence-corrected chi connectivity index (χ4v) is 1.70. The van der Waals surface area contributed by atoms with E-state index in [1.165, 1.54) is 6.92 Å².